The molecule has 2 nitrogen and oxygen atoms in total. The molecule has 0 saturated heterocycles. The van der Waals surface area contributed by atoms with E-state index >= 15 is 0 Å². The molecule has 0 fully saturated rings. The molecular weight excluding hydrogens is 665 g/mol. The minimum Gasteiger partial charge on any atom is -0.342 e. The molecule has 4 aliphatic rings. The summed E-state index contributed by atoms with van der Waals surface area (Å²) in [6, 6.07) is 36.9. The molecule has 4 aromatic carbocycles. The molecule has 1 aromatic heterocycles. The molecule has 55 heavy (non-hydrogen) atoms. The topological polar surface area (TPSA) is 8.17 Å². The zero-order valence-corrected chi connectivity index (χ0v) is 31.5. The van der Waals surface area contributed by atoms with Gasteiger partial charge in [-0.2, -0.15) is 0 Å². The van der Waals surface area contributed by atoms with E-state index < -0.39 is 0 Å². The third-order valence-electron chi connectivity index (χ3n) is 11.7. The van der Waals surface area contributed by atoms with Crippen LogP contribution >= 0.6 is 0 Å². The molecule has 3 atom stereocenters. The first-order valence-electron chi connectivity index (χ1n) is 19.8. The Kier molecular flexibility index (Phi) is 9.53. The Bertz CT molecular complexity index is 2590. The second-order valence-electron chi connectivity index (χ2n) is 15.1. The smallest absolute Gasteiger partial charge is 0.0553 e. The van der Waals surface area contributed by atoms with E-state index in [1.807, 2.05) is 6.08 Å². The van der Waals surface area contributed by atoms with Gasteiger partial charge in [0.1, 0.15) is 0 Å². The molecule has 9 rings (SSSR count). The Balaban J connectivity index is 1.10. The number of hydrogen-bond acceptors (Lipinski definition) is 1. The molecule has 0 aliphatic heterocycles. The minimum atomic E-state index is 0.194. The number of para-hydroxylation sites is 2. The second-order valence-corrected chi connectivity index (χ2v) is 15.1. The number of benzene rings is 4. The zero-order chi connectivity index (χ0) is 37.1. The van der Waals surface area contributed by atoms with E-state index in [2.05, 4.69) is 192 Å². The standard InChI is InChI=1S/C53H46N2/c1-3-16-45(49-26-15-28-52-53(49)50-25-12-13-27-51(50)55(52)46-23-8-5-9-24-46)35-38(2)54(48-34-31-40-19-10-11-20-44(40)37-48)47-32-29-41(30-33-47)43-22-14-21-42(36-43)39-17-6-4-7-18-39/h1,4-10,12-19,21,23-32,34-36,43-44,47H,11,20,22,33,37H2,2H3/b38-35+,45-16+. The Labute approximate surface area is 325 Å². The number of rotatable bonds is 8. The summed E-state index contributed by atoms with van der Waals surface area (Å²) in [5, 5.41) is 2.43. The van der Waals surface area contributed by atoms with Gasteiger partial charge >= 0.3 is 0 Å². The highest BCUT2D eigenvalue weighted by atomic mass is 15.2. The van der Waals surface area contributed by atoms with Crippen LogP contribution in [0.15, 0.2) is 199 Å². The van der Waals surface area contributed by atoms with Crippen LogP contribution in [0.5, 0.6) is 0 Å². The maximum atomic E-state index is 6.13. The van der Waals surface area contributed by atoms with Crippen molar-refractivity contribution in [2.45, 2.75) is 45.1 Å². The summed E-state index contributed by atoms with van der Waals surface area (Å²) in [6.45, 7) is 2.27. The lowest BCUT2D eigenvalue weighted by Crippen LogP contribution is -2.34. The van der Waals surface area contributed by atoms with E-state index in [1.165, 1.54) is 61.9 Å². The molecule has 268 valence electrons. The predicted octanol–water partition coefficient (Wildman–Crippen LogP) is 13.1. The van der Waals surface area contributed by atoms with Crippen molar-refractivity contribution in [2.75, 3.05) is 0 Å². The summed E-state index contributed by atoms with van der Waals surface area (Å²) in [5.41, 5.74) is 13.7. The van der Waals surface area contributed by atoms with Gasteiger partial charge in [0.05, 0.1) is 17.1 Å². The van der Waals surface area contributed by atoms with Crippen molar-refractivity contribution < 1.29 is 0 Å². The van der Waals surface area contributed by atoms with Crippen LogP contribution in [0.1, 0.15) is 50.2 Å². The molecular formula is C53H46N2. The lowest BCUT2D eigenvalue weighted by Gasteiger charge is -2.39. The van der Waals surface area contributed by atoms with Crippen LogP contribution < -0.4 is 0 Å². The van der Waals surface area contributed by atoms with E-state index in [4.69, 9.17) is 6.42 Å². The summed E-state index contributed by atoms with van der Waals surface area (Å²) in [6.07, 6.45) is 39.5. The van der Waals surface area contributed by atoms with Crippen LogP contribution in [0, 0.1) is 24.2 Å². The van der Waals surface area contributed by atoms with Gasteiger partial charge in [-0.05, 0) is 121 Å². The van der Waals surface area contributed by atoms with Crippen molar-refractivity contribution in [3.05, 3.63) is 210 Å². The highest BCUT2D eigenvalue weighted by molar-refractivity contribution is 6.14. The lowest BCUT2D eigenvalue weighted by atomic mass is 9.81. The molecule has 0 bridgehead atoms. The largest absolute Gasteiger partial charge is 0.342 e. The quantitative estimate of drug-likeness (QED) is 0.115. The number of allylic oxidation sites excluding steroid dienone is 16. The van der Waals surface area contributed by atoms with Gasteiger partial charge in [-0.1, -0.05) is 139 Å². The molecule has 4 aliphatic carbocycles. The molecule has 0 spiro atoms. The van der Waals surface area contributed by atoms with E-state index in [-0.39, 0.29) is 6.04 Å². The summed E-state index contributed by atoms with van der Waals surface area (Å²) in [5.74, 6) is 3.84. The fraction of sp³-hybridized carbons (Fsp3) is 0.170. The normalized spacial score (nSPS) is 21.1. The van der Waals surface area contributed by atoms with Crippen LogP contribution in [0.4, 0.5) is 0 Å². The fourth-order valence-electron chi connectivity index (χ4n) is 9.15. The minimum absolute atomic E-state index is 0.194. The number of nitrogens with zero attached hydrogens (tertiary/aromatic N) is 2. The summed E-state index contributed by atoms with van der Waals surface area (Å²) < 4.78 is 2.37. The summed E-state index contributed by atoms with van der Waals surface area (Å²) >= 11 is 0. The van der Waals surface area contributed by atoms with E-state index in [9.17, 15) is 0 Å². The maximum Gasteiger partial charge on any atom is 0.0553 e. The van der Waals surface area contributed by atoms with Crippen molar-refractivity contribution in [2.24, 2.45) is 11.8 Å². The van der Waals surface area contributed by atoms with Gasteiger partial charge < -0.3 is 9.47 Å². The van der Waals surface area contributed by atoms with Crippen LogP contribution in [0.25, 0.3) is 38.6 Å². The first-order valence-corrected chi connectivity index (χ1v) is 19.8. The Morgan fingerprint density at radius 2 is 1.60 bits per heavy atom. The van der Waals surface area contributed by atoms with Crippen molar-refractivity contribution in [1.29, 1.82) is 0 Å². The van der Waals surface area contributed by atoms with Gasteiger partial charge in [0, 0.05) is 33.8 Å². The van der Waals surface area contributed by atoms with Gasteiger partial charge in [-0.25, -0.2) is 0 Å². The molecule has 2 heteroatoms. The fourth-order valence-corrected chi connectivity index (χ4v) is 9.15. The number of fused-ring (bicyclic) bond motifs is 4. The van der Waals surface area contributed by atoms with Crippen molar-refractivity contribution in [3.63, 3.8) is 0 Å². The molecule has 3 unspecified atom stereocenters. The highest BCUT2D eigenvalue weighted by Crippen LogP contribution is 2.41. The average Bonchev–Trinajstić information content (AvgIpc) is 3.59. The third-order valence-corrected chi connectivity index (χ3v) is 11.7. The molecule has 1 heterocycles. The maximum absolute atomic E-state index is 6.13. The lowest BCUT2D eigenvalue weighted by molar-refractivity contribution is 0.330. The van der Waals surface area contributed by atoms with E-state index in [1.54, 1.807) is 0 Å². The molecule has 0 N–H and O–H groups in total. The van der Waals surface area contributed by atoms with Gasteiger partial charge in [-0.3, -0.25) is 0 Å². The Morgan fingerprint density at radius 3 is 2.42 bits per heavy atom. The Morgan fingerprint density at radius 1 is 0.800 bits per heavy atom. The molecule has 5 aromatic rings. The monoisotopic (exact) mass is 710 g/mol. The van der Waals surface area contributed by atoms with Gasteiger partial charge in [-0.15, -0.1) is 6.42 Å². The first kappa shape index (κ1) is 34.5. The molecule has 0 radical (unpaired) electrons. The zero-order valence-electron chi connectivity index (χ0n) is 31.5. The highest BCUT2D eigenvalue weighted by Gasteiger charge is 2.29. The average molecular weight is 711 g/mol. The number of aromatic nitrogens is 1. The molecule has 0 amide bonds. The summed E-state index contributed by atoms with van der Waals surface area (Å²) in [4.78, 5) is 2.60. The van der Waals surface area contributed by atoms with Crippen LogP contribution in [0.2, 0.25) is 0 Å². The van der Waals surface area contributed by atoms with Crippen LogP contribution in [-0.2, 0) is 0 Å². The third kappa shape index (κ3) is 6.73. The van der Waals surface area contributed by atoms with Crippen molar-refractivity contribution in [1.82, 2.24) is 9.47 Å². The SMILES string of the molecule is C#C/C=C(\C=C(/C)N(C1=CC=C2C=CCCC2C1)C1C=CC(C2C=C(c3ccccc3)C=CC2)=CC1)c1cccc2c1c1ccccc1n2-c1ccccc1. The second kappa shape index (κ2) is 15.2. The van der Waals surface area contributed by atoms with Crippen LogP contribution in [-0.4, -0.2) is 15.5 Å². The van der Waals surface area contributed by atoms with Gasteiger partial charge in [0.25, 0.3) is 0 Å². The van der Waals surface area contributed by atoms with Gasteiger partial charge in [0.15, 0.2) is 0 Å². The molecule has 0 saturated carbocycles. The van der Waals surface area contributed by atoms with Crippen molar-refractivity contribution in [3.8, 4) is 18.0 Å². The predicted molar refractivity (Wildman–Crippen MR) is 233 cm³/mol. The van der Waals surface area contributed by atoms with Crippen molar-refractivity contribution >= 4 is 33.0 Å². The summed E-state index contributed by atoms with van der Waals surface area (Å²) in [7, 11) is 0. The Hall–Kier alpha value is -6.30. The van der Waals surface area contributed by atoms with E-state index in [0.717, 1.165) is 42.5 Å². The van der Waals surface area contributed by atoms with Crippen LogP contribution in [0.3, 0.4) is 0 Å². The number of terminal acetylenes is 1. The van der Waals surface area contributed by atoms with Gasteiger partial charge in [0.2, 0.25) is 0 Å². The first-order chi connectivity index (χ1) is 27.2. The van der Waals surface area contributed by atoms with E-state index in [0.29, 0.717) is 11.8 Å². The number of hydrogen-bond donors (Lipinski definition) is 0.